The van der Waals surface area contributed by atoms with Crippen molar-refractivity contribution in [2.75, 3.05) is 5.75 Å². The minimum atomic E-state index is -0.0603. The maximum Gasteiger partial charge on any atom is 0.0640 e. The lowest BCUT2D eigenvalue weighted by molar-refractivity contribution is 0.611. The lowest BCUT2D eigenvalue weighted by Gasteiger charge is -2.18. The Morgan fingerprint density at radius 3 is 2.50 bits per heavy atom. The first-order chi connectivity index (χ1) is 9.61. The van der Waals surface area contributed by atoms with Gasteiger partial charge in [-0.05, 0) is 35.9 Å². The molecule has 106 valence electrons. The molecule has 3 N–H and O–H groups in total. The van der Waals surface area contributed by atoms with Crippen LogP contribution in [0, 0.1) is 0 Å². The van der Waals surface area contributed by atoms with Crippen LogP contribution in [0.4, 0.5) is 0 Å². The number of hydrogen-bond donors (Lipinski definition) is 2. The van der Waals surface area contributed by atoms with E-state index < -0.39 is 0 Å². The van der Waals surface area contributed by atoms with E-state index in [0.29, 0.717) is 10.0 Å². The van der Waals surface area contributed by atoms with Crippen molar-refractivity contribution in [2.45, 2.75) is 10.9 Å². The Labute approximate surface area is 141 Å². The first-order valence-electron chi connectivity index (χ1n) is 5.90. The summed E-state index contributed by atoms with van der Waals surface area (Å²) in [6.45, 7) is 0. The van der Waals surface area contributed by atoms with E-state index >= 15 is 0 Å². The SMILES string of the molecule is NNC(CSc1ccc(Br)cc1)c1cccc(Cl)c1Cl. The second-order valence-corrected chi connectivity index (χ2v) is 6.92. The average Bonchev–Trinajstić information content (AvgIpc) is 2.45. The Morgan fingerprint density at radius 1 is 1.15 bits per heavy atom. The van der Waals surface area contributed by atoms with Crippen LogP contribution >= 0.6 is 50.9 Å². The zero-order valence-corrected chi connectivity index (χ0v) is 14.4. The Hall–Kier alpha value is -0.230. The summed E-state index contributed by atoms with van der Waals surface area (Å²) in [5.74, 6) is 6.40. The summed E-state index contributed by atoms with van der Waals surface area (Å²) < 4.78 is 1.06. The molecule has 1 unspecified atom stereocenters. The van der Waals surface area contributed by atoms with Crippen molar-refractivity contribution in [3.8, 4) is 0 Å². The highest BCUT2D eigenvalue weighted by Gasteiger charge is 2.15. The van der Waals surface area contributed by atoms with Crippen LogP contribution in [0.2, 0.25) is 10.0 Å². The van der Waals surface area contributed by atoms with Crippen molar-refractivity contribution in [2.24, 2.45) is 5.84 Å². The molecule has 0 aliphatic carbocycles. The van der Waals surface area contributed by atoms with Gasteiger partial charge in [-0.15, -0.1) is 11.8 Å². The minimum absolute atomic E-state index is 0.0603. The molecule has 0 fully saturated rings. The highest BCUT2D eigenvalue weighted by atomic mass is 79.9. The molecule has 0 aromatic heterocycles. The summed E-state index contributed by atoms with van der Waals surface area (Å²) in [5, 5.41) is 1.09. The van der Waals surface area contributed by atoms with Crippen molar-refractivity contribution < 1.29 is 0 Å². The van der Waals surface area contributed by atoms with Gasteiger partial charge >= 0.3 is 0 Å². The molecule has 0 amide bonds. The number of thioether (sulfide) groups is 1. The second kappa shape index (κ2) is 7.69. The topological polar surface area (TPSA) is 38.0 Å². The van der Waals surface area contributed by atoms with Gasteiger partial charge in [0.2, 0.25) is 0 Å². The number of rotatable bonds is 5. The third-order valence-electron chi connectivity index (χ3n) is 2.79. The lowest BCUT2D eigenvalue weighted by atomic mass is 10.1. The molecule has 0 bridgehead atoms. The number of halogens is 3. The van der Waals surface area contributed by atoms with Gasteiger partial charge in [0.25, 0.3) is 0 Å². The summed E-state index contributed by atoms with van der Waals surface area (Å²) >= 11 is 17.4. The van der Waals surface area contributed by atoms with Gasteiger partial charge in [-0.25, -0.2) is 0 Å². The minimum Gasteiger partial charge on any atom is -0.271 e. The molecule has 0 aliphatic heterocycles. The molecule has 2 aromatic rings. The van der Waals surface area contributed by atoms with E-state index in [0.717, 1.165) is 15.8 Å². The van der Waals surface area contributed by atoms with E-state index in [2.05, 4.69) is 33.5 Å². The third-order valence-corrected chi connectivity index (χ3v) is 5.26. The smallest absolute Gasteiger partial charge is 0.0640 e. The summed E-state index contributed by atoms with van der Waals surface area (Å²) in [6, 6.07) is 13.7. The highest BCUT2D eigenvalue weighted by molar-refractivity contribution is 9.10. The number of nitrogens with one attached hydrogen (secondary N) is 1. The molecule has 1 atom stereocenters. The number of hydrazine groups is 1. The average molecular weight is 392 g/mol. The van der Waals surface area contributed by atoms with Crippen LogP contribution in [0.15, 0.2) is 51.8 Å². The van der Waals surface area contributed by atoms with Crippen molar-refractivity contribution in [1.82, 2.24) is 5.43 Å². The van der Waals surface area contributed by atoms with E-state index in [1.165, 1.54) is 4.90 Å². The molecule has 6 heteroatoms. The summed E-state index contributed by atoms with van der Waals surface area (Å²) in [6.07, 6.45) is 0. The first-order valence-corrected chi connectivity index (χ1v) is 8.43. The summed E-state index contributed by atoms with van der Waals surface area (Å²) in [4.78, 5) is 1.17. The largest absolute Gasteiger partial charge is 0.271 e. The molecular weight excluding hydrogens is 379 g/mol. The van der Waals surface area contributed by atoms with Crippen LogP contribution in [0.1, 0.15) is 11.6 Å². The van der Waals surface area contributed by atoms with E-state index in [9.17, 15) is 0 Å². The van der Waals surface area contributed by atoms with Crippen LogP contribution in [0.25, 0.3) is 0 Å². The van der Waals surface area contributed by atoms with Crippen LogP contribution < -0.4 is 11.3 Å². The molecule has 0 radical (unpaired) electrons. The zero-order chi connectivity index (χ0) is 14.5. The fourth-order valence-corrected chi connectivity index (χ4v) is 3.39. The maximum atomic E-state index is 6.23. The standard InChI is InChI=1S/C14H13BrCl2N2S/c15-9-4-6-10(7-5-9)20-8-13(19-18)11-2-1-3-12(16)14(11)17/h1-7,13,19H,8,18H2. The third kappa shape index (κ3) is 4.13. The Bertz CT molecular complexity index is 578. The maximum absolute atomic E-state index is 6.23. The fraction of sp³-hybridized carbons (Fsp3) is 0.143. The Balaban J connectivity index is 2.09. The van der Waals surface area contributed by atoms with Crippen molar-refractivity contribution in [3.05, 3.63) is 62.5 Å². The van der Waals surface area contributed by atoms with E-state index in [4.69, 9.17) is 29.0 Å². The van der Waals surface area contributed by atoms with Crippen LogP contribution in [0.3, 0.4) is 0 Å². The predicted molar refractivity (Wildman–Crippen MR) is 91.4 cm³/mol. The molecule has 0 saturated carbocycles. The normalized spacial score (nSPS) is 12.4. The highest BCUT2D eigenvalue weighted by Crippen LogP contribution is 2.32. The number of nitrogens with two attached hydrogens (primary N) is 1. The molecular formula is C14H13BrCl2N2S. The van der Waals surface area contributed by atoms with Crippen molar-refractivity contribution in [1.29, 1.82) is 0 Å². The molecule has 0 spiro atoms. The lowest BCUT2D eigenvalue weighted by Crippen LogP contribution is -2.29. The van der Waals surface area contributed by atoms with Gasteiger partial charge in [-0.1, -0.05) is 51.3 Å². The molecule has 0 aliphatic rings. The fourth-order valence-electron chi connectivity index (χ4n) is 1.73. The van der Waals surface area contributed by atoms with Crippen LogP contribution in [-0.2, 0) is 0 Å². The molecule has 2 aromatic carbocycles. The van der Waals surface area contributed by atoms with E-state index in [1.807, 2.05) is 24.3 Å². The summed E-state index contributed by atoms with van der Waals surface area (Å²) in [7, 11) is 0. The van der Waals surface area contributed by atoms with Gasteiger partial charge in [0.05, 0.1) is 16.1 Å². The molecule has 20 heavy (non-hydrogen) atoms. The van der Waals surface area contributed by atoms with Crippen LogP contribution in [0.5, 0.6) is 0 Å². The Kier molecular flexibility index (Phi) is 6.20. The zero-order valence-electron chi connectivity index (χ0n) is 10.4. The van der Waals surface area contributed by atoms with Gasteiger partial charge in [0.1, 0.15) is 0 Å². The Morgan fingerprint density at radius 2 is 1.85 bits per heavy atom. The van der Waals surface area contributed by atoms with E-state index in [1.54, 1.807) is 17.8 Å². The van der Waals surface area contributed by atoms with Gasteiger partial charge < -0.3 is 0 Å². The van der Waals surface area contributed by atoms with Crippen molar-refractivity contribution in [3.63, 3.8) is 0 Å². The summed E-state index contributed by atoms with van der Waals surface area (Å²) in [5.41, 5.74) is 3.70. The van der Waals surface area contributed by atoms with E-state index in [-0.39, 0.29) is 6.04 Å². The molecule has 2 rings (SSSR count). The quantitative estimate of drug-likeness (QED) is 0.425. The van der Waals surface area contributed by atoms with Gasteiger partial charge in [0.15, 0.2) is 0 Å². The van der Waals surface area contributed by atoms with Crippen molar-refractivity contribution >= 4 is 50.9 Å². The number of hydrogen-bond acceptors (Lipinski definition) is 3. The molecule has 0 saturated heterocycles. The molecule has 2 nitrogen and oxygen atoms in total. The van der Waals surface area contributed by atoms with Crippen LogP contribution in [-0.4, -0.2) is 5.75 Å². The molecule has 0 heterocycles. The van der Waals surface area contributed by atoms with Gasteiger partial charge in [-0.3, -0.25) is 11.3 Å². The second-order valence-electron chi connectivity index (χ2n) is 4.13. The van der Waals surface area contributed by atoms with Gasteiger partial charge in [0, 0.05) is 15.1 Å². The monoisotopic (exact) mass is 390 g/mol. The first kappa shape index (κ1) is 16.1. The number of benzene rings is 2. The van der Waals surface area contributed by atoms with Gasteiger partial charge in [-0.2, -0.15) is 0 Å². The predicted octanol–water partition coefficient (Wildman–Crippen LogP) is 5.05.